The zero-order chi connectivity index (χ0) is 11.2. The standard InChI is InChI=1S/C9H19O4P/c1-5-12-14(11,13-6-2)8-7-9(3,4)10/h7-8,10H,5-6H2,1-4H3/b8-7+. The second-order valence-corrected chi connectivity index (χ2v) is 5.24. The summed E-state index contributed by atoms with van der Waals surface area (Å²) >= 11 is 0. The molecule has 0 saturated carbocycles. The summed E-state index contributed by atoms with van der Waals surface area (Å²) in [6.45, 7) is 7.28. The summed E-state index contributed by atoms with van der Waals surface area (Å²) in [6, 6.07) is 0. The molecule has 0 spiro atoms. The van der Waals surface area contributed by atoms with Gasteiger partial charge in [-0.15, -0.1) is 0 Å². The van der Waals surface area contributed by atoms with Crippen LogP contribution in [0.3, 0.4) is 0 Å². The number of hydrogen-bond donors (Lipinski definition) is 1. The first kappa shape index (κ1) is 13.8. The highest BCUT2D eigenvalue weighted by atomic mass is 31.2. The summed E-state index contributed by atoms with van der Waals surface area (Å²) in [5.74, 6) is 1.31. The van der Waals surface area contributed by atoms with Gasteiger partial charge in [-0.1, -0.05) is 0 Å². The molecule has 84 valence electrons. The zero-order valence-corrected chi connectivity index (χ0v) is 10.1. The Balaban J connectivity index is 4.52. The Morgan fingerprint density at radius 1 is 1.29 bits per heavy atom. The third-order valence-electron chi connectivity index (χ3n) is 1.28. The second-order valence-electron chi connectivity index (χ2n) is 3.34. The van der Waals surface area contributed by atoms with E-state index in [-0.39, 0.29) is 0 Å². The van der Waals surface area contributed by atoms with Crippen molar-refractivity contribution in [3.8, 4) is 0 Å². The Kier molecular flexibility index (Phi) is 5.60. The maximum absolute atomic E-state index is 11.8. The van der Waals surface area contributed by atoms with E-state index in [1.54, 1.807) is 27.7 Å². The Morgan fingerprint density at radius 3 is 2.00 bits per heavy atom. The van der Waals surface area contributed by atoms with Crippen molar-refractivity contribution < 1.29 is 18.7 Å². The highest BCUT2D eigenvalue weighted by Crippen LogP contribution is 2.49. The van der Waals surface area contributed by atoms with Gasteiger partial charge in [-0.2, -0.15) is 0 Å². The molecule has 0 rings (SSSR count). The van der Waals surface area contributed by atoms with Gasteiger partial charge in [0, 0.05) is 5.82 Å². The topological polar surface area (TPSA) is 55.8 Å². The zero-order valence-electron chi connectivity index (χ0n) is 9.19. The van der Waals surface area contributed by atoms with Crippen LogP contribution < -0.4 is 0 Å². The van der Waals surface area contributed by atoms with E-state index in [1.807, 2.05) is 0 Å². The monoisotopic (exact) mass is 222 g/mol. The van der Waals surface area contributed by atoms with Gasteiger partial charge < -0.3 is 14.2 Å². The largest absolute Gasteiger partial charge is 0.386 e. The summed E-state index contributed by atoms with van der Waals surface area (Å²) in [4.78, 5) is 0. The minimum atomic E-state index is -3.16. The van der Waals surface area contributed by atoms with Crippen LogP contribution >= 0.6 is 7.60 Å². The van der Waals surface area contributed by atoms with Crippen LogP contribution in [0.1, 0.15) is 27.7 Å². The van der Waals surface area contributed by atoms with Gasteiger partial charge in [0.15, 0.2) is 0 Å². The molecule has 0 saturated heterocycles. The minimum absolute atomic E-state index is 0.313. The van der Waals surface area contributed by atoms with Crippen molar-refractivity contribution in [2.75, 3.05) is 13.2 Å². The normalized spacial score (nSPS) is 13.8. The molecule has 0 bridgehead atoms. The number of aliphatic hydroxyl groups is 1. The van der Waals surface area contributed by atoms with Crippen molar-refractivity contribution in [3.05, 3.63) is 11.9 Å². The molecule has 5 heteroatoms. The van der Waals surface area contributed by atoms with Crippen LogP contribution in [0.25, 0.3) is 0 Å². The molecule has 0 aromatic heterocycles. The quantitative estimate of drug-likeness (QED) is 0.701. The fourth-order valence-corrected chi connectivity index (χ4v) is 2.27. The third kappa shape index (κ3) is 6.33. The number of hydrogen-bond acceptors (Lipinski definition) is 4. The lowest BCUT2D eigenvalue weighted by Crippen LogP contribution is -2.13. The molecule has 4 nitrogen and oxygen atoms in total. The summed E-state index contributed by atoms with van der Waals surface area (Å²) in [5, 5.41) is 9.40. The third-order valence-corrected chi connectivity index (χ3v) is 3.03. The Hall–Kier alpha value is -0.150. The van der Waals surface area contributed by atoms with E-state index in [9.17, 15) is 9.67 Å². The first-order valence-corrected chi connectivity index (χ1v) is 6.25. The molecule has 0 fully saturated rings. The predicted molar refractivity (Wildman–Crippen MR) is 56.3 cm³/mol. The van der Waals surface area contributed by atoms with E-state index in [4.69, 9.17) is 9.05 Å². The smallest absolute Gasteiger partial charge is 0.353 e. The summed E-state index contributed by atoms with van der Waals surface area (Å²) in [7, 11) is -3.16. The molecule has 0 aliphatic rings. The van der Waals surface area contributed by atoms with Crippen molar-refractivity contribution in [2.24, 2.45) is 0 Å². The molecule has 0 radical (unpaired) electrons. The molecule has 0 amide bonds. The average molecular weight is 222 g/mol. The van der Waals surface area contributed by atoms with Gasteiger partial charge in [0.2, 0.25) is 0 Å². The van der Waals surface area contributed by atoms with E-state index < -0.39 is 13.2 Å². The summed E-state index contributed by atoms with van der Waals surface area (Å²) in [5.41, 5.74) is -1.01. The lowest BCUT2D eigenvalue weighted by atomic mass is 10.1. The van der Waals surface area contributed by atoms with E-state index in [0.717, 1.165) is 0 Å². The molecular weight excluding hydrogens is 203 g/mol. The molecule has 0 aromatic rings. The maximum Gasteiger partial charge on any atom is 0.353 e. The van der Waals surface area contributed by atoms with Crippen molar-refractivity contribution in [1.82, 2.24) is 0 Å². The van der Waals surface area contributed by atoms with E-state index in [0.29, 0.717) is 13.2 Å². The first-order chi connectivity index (χ1) is 6.33. The lowest BCUT2D eigenvalue weighted by Gasteiger charge is -2.15. The Bertz CT molecular complexity index is 219. The number of rotatable bonds is 6. The van der Waals surface area contributed by atoms with Crippen molar-refractivity contribution >= 4 is 7.60 Å². The Morgan fingerprint density at radius 2 is 1.71 bits per heavy atom. The SMILES string of the molecule is CCOP(=O)(/C=C/C(C)(C)O)OCC. The predicted octanol–water partition coefficient (Wildman–Crippen LogP) is 2.54. The molecule has 0 aliphatic carbocycles. The van der Waals surface area contributed by atoms with Crippen LogP contribution in [-0.4, -0.2) is 23.9 Å². The molecule has 0 heterocycles. The van der Waals surface area contributed by atoms with Crippen molar-refractivity contribution in [2.45, 2.75) is 33.3 Å². The molecule has 0 aliphatic heterocycles. The highest BCUT2D eigenvalue weighted by molar-refractivity contribution is 7.57. The Labute approximate surface area is 85.5 Å². The van der Waals surface area contributed by atoms with Crippen molar-refractivity contribution in [3.63, 3.8) is 0 Å². The summed E-state index contributed by atoms with van der Waals surface area (Å²) in [6.07, 6.45) is 1.42. The first-order valence-electron chi connectivity index (χ1n) is 4.64. The minimum Gasteiger partial charge on any atom is -0.386 e. The van der Waals surface area contributed by atoms with Crippen LogP contribution in [0, 0.1) is 0 Å². The molecule has 0 atom stereocenters. The van der Waals surface area contributed by atoms with Crippen LogP contribution in [-0.2, 0) is 13.6 Å². The van der Waals surface area contributed by atoms with E-state index in [1.165, 1.54) is 11.9 Å². The second kappa shape index (κ2) is 5.66. The fourth-order valence-electron chi connectivity index (χ4n) is 0.757. The molecule has 0 aromatic carbocycles. The van der Waals surface area contributed by atoms with Crippen LogP contribution in [0.4, 0.5) is 0 Å². The van der Waals surface area contributed by atoms with E-state index in [2.05, 4.69) is 0 Å². The van der Waals surface area contributed by atoms with Gasteiger partial charge in [-0.05, 0) is 33.8 Å². The average Bonchev–Trinajstić information content (AvgIpc) is 2.01. The van der Waals surface area contributed by atoms with Gasteiger partial charge >= 0.3 is 7.60 Å². The molecule has 0 unspecified atom stereocenters. The van der Waals surface area contributed by atoms with Crippen molar-refractivity contribution in [1.29, 1.82) is 0 Å². The lowest BCUT2D eigenvalue weighted by molar-refractivity contribution is 0.132. The van der Waals surface area contributed by atoms with E-state index >= 15 is 0 Å². The summed E-state index contributed by atoms with van der Waals surface area (Å²) < 4.78 is 21.8. The van der Waals surface area contributed by atoms with Gasteiger partial charge in [0.05, 0.1) is 18.8 Å². The van der Waals surface area contributed by atoms with Crippen LogP contribution in [0.15, 0.2) is 11.9 Å². The molecule has 14 heavy (non-hydrogen) atoms. The van der Waals surface area contributed by atoms with Gasteiger partial charge in [-0.25, -0.2) is 0 Å². The highest BCUT2D eigenvalue weighted by Gasteiger charge is 2.20. The molecule has 1 N–H and O–H groups in total. The fraction of sp³-hybridized carbons (Fsp3) is 0.778. The van der Waals surface area contributed by atoms with Gasteiger partial charge in [0.1, 0.15) is 0 Å². The van der Waals surface area contributed by atoms with Crippen LogP contribution in [0.5, 0.6) is 0 Å². The van der Waals surface area contributed by atoms with Gasteiger partial charge in [-0.3, -0.25) is 4.57 Å². The molecular formula is C9H19O4P. The maximum atomic E-state index is 11.8. The van der Waals surface area contributed by atoms with Crippen LogP contribution in [0.2, 0.25) is 0 Å². The van der Waals surface area contributed by atoms with Gasteiger partial charge in [0.25, 0.3) is 0 Å².